The van der Waals surface area contributed by atoms with Crippen molar-refractivity contribution < 1.29 is 9.53 Å². The fourth-order valence-electron chi connectivity index (χ4n) is 4.37. The van der Waals surface area contributed by atoms with Crippen LogP contribution in [0.2, 0.25) is 0 Å². The molecule has 1 saturated carbocycles. The second kappa shape index (κ2) is 7.89. The van der Waals surface area contributed by atoms with Crippen LogP contribution >= 0.6 is 15.9 Å². The normalized spacial score (nSPS) is 15.2. The lowest BCUT2D eigenvalue weighted by Crippen LogP contribution is -2.06. The number of halogens is 1. The van der Waals surface area contributed by atoms with Crippen LogP contribution < -0.4 is 0 Å². The van der Waals surface area contributed by atoms with Crippen molar-refractivity contribution in [1.29, 1.82) is 0 Å². The zero-order chi connectivity index (χ0) is 18.8. The van der Waals surface area contributed by atoms with Gasteiger partial charge in [-0.1, -0.05) is 65.5 Å². The van der Waals surface area contributed by atoms with Gasteiger partial charge in [0.05, 0.1) is 18.4 Å². The van der Waals surface area contributed by atoms with Crippen LogP contribution in [0.15, 0.2) is 42.5 Å². The van der Waals surface area contributed by atoms with E-state index < -0.39 is 0 Å². The average molecular weight is 426 g/mol. The molecule has 1 N–H and O–H groups in total. The number of H-pyrrole nitrogens is 1. The van der Waals surface area contributed by atoms with E-state index in [1.54, 1.807) is 0 Å². The molecule has 140 valence electrons. The minimum atomic E-state index is -0.298. The van der Waals surface area contributed by atoms with Crippen LogP contribution in [0.25, 0.3) is 22.2 Å². The van der Waals surface area contributed by atoms with Gasteiger partial charge in [0.1, 0.15) is 0 Å². The third-order valence-corrected chi connectivity index (χ3v) is 6.31. The zero-order valence-corrected chi connectivity index (χ0v) is 17.1. The van der Waals surface area contributed by atoms with Gasteiger partial charge < -0.3 is 9.72 Å². The number of benzene rings is 2. The number of carbonyl (C=O) groups is 1. The maximum Gasteiger partial charge on any atom is 0.337 e. The van der Waals surface area contributed by atoms with Crippen LogP contribution in [0.5, 0.6) is 0 Å². The summed E-state index contributed by atoms with van der Waals surface area (Å²) in [7, 11) is 1.42. The van der Waals surface area contributed by atoms with Gasteiger partial charge in [-0.2, -0.15) is 0 Å². The van der Waals surface area contributed by atoms with Crippen LogP contribution in [0.3, 0.4) is 0 Å². The number of carbonyl (C=O) groups excluding carboxylic acids is 1. The van der Waals surface area contributed by atoms with Crippen molar-refractivity contribution in [3.63, 3.8) is 0 Å². The molecule has 27 heavy (non-hydrogen) atoms. The number of hydrogen-bond donors (Lipinski definition) is 1. The van der Waals surface area contributed by atoms with Crippen LogP contribution in [0, 0.1) is 0 Å². The molecule has 1 aliphatic carbocycles. The van der Waals surface area contributed by atoms with E-state index in [1.807, 2.05) is 12.1 Å². The lowest BCUT2D eigenvalue weighted by molar-refractivity contribution is 0.0601. The van der Waals surface area contributed by atoms with E-state index in [9.17, 15) is 4.79 Å². The smallest absolute Gasteiger partial charge is 0.337 e. The maximum absolute atomic E-state index is 12.0. The van der Waals surface area contributed by atoms with Gasteiger partial charge in [-0.05, 0) is 42.0 Å². The second-order valence-electron chi connectivity index (χ2n) is 7.29. The fraction of sp³-hybridized carbons (Fsp3) is 0.348. The number of fused-ring (bicyclic) bond motifs is 1. The van der Waals surface area contributed by atoms with Crippen molar-refractivity contribution in [2.45, 2.75) is 43.4 Å². The molecule has 4 heteroatoms. The molecule has 3 nitrogen and oxygen atoms in total. The fourth-order valence-corrected chi connectivity index (χ4v) is 4.86. The van der Waals surface area contributed by atoms with E-state index in [-0.39, 0.29) is 5.97 Å². The SMILES string of the molecule is COC(=O)c1ccc2c(C3CCCCC3)c(-c3ccccc3CBr)[nH]c2c1. The average Bonchev–Trinajstić information content (AvgIpc) is 3.12. The highest BCUT2D eigenvalue weighted by atomic mass is 79.9. The van der Waals surface area contributed by atoms with E-state index in [0.29, 0.717) is 11.5 Å². The highest BCUT2D eigenvalue weighted by Crippen LogP contribution is 2.43. The maximum atomic E-state index is 12.0. The molecular formula is C23H24BrNO2. The highest BCUT2D eigenvalue weighted by Gasteiger charge is 2.25. The molecule has 0 aliphatic heterocycles. The summed E-state index contributed by atoms with van der Waals surface area (Å²) in [5.41, 5.74) is 6.73. The number of aromatic amines is 1. The third-order valence-electron chi connectivity index (χ3n) is 5.70. The Morgan fingerprint density at radius 2 is 1.93 bits per heavy atom. The van der Waals surface area contributed by atoms with Crippen LogP contribution in [-0.4, -0.2) is 18.1 Å². The molecule has 0 unspecified atom stereocenters. The van der Waals surface area contributed by atoms with Gasteiger partial charge in [-0.15, -0.1) is 0 Å². The summed E-state index contributed by atoms with van der Waals surface area (Å²) >= 11 is 3.64. The van der Waals surface area contributed by atoms with Crippen molar-refractivity contribution in [2.75, 3.05) is 7.11 Å². The number of methoxy groups -OCH3 is 1. The first-order chi connectivity index (χ1) is 13.2. The Kier molecular flexibility index (Phi) is 5.35. The van der Waals surface area contributed by atoms with Gasteiger partial charge in [-0.3, -0.25) is 0 Å². The third kappa shape index (κ3) is 3.43. The van der Waals surface area contributed by atoms with E-state index in [2.05, 4.69) is 51.2 Å². The number of alkyl halides is 1. The van der Waals surface area contributed by atoms with E-state index in [0.717, 1.165) is 10.8 Å². The predicted molar refractivity (Wildman–Crippen MR) is 114 cm³/mol. The molecule has 4 rings (SSSR count). The summed E-state index contributed by atoms with van der Waals surface area (Å²) in [6, 6.07) is 14.4. The number of rotatable bonds is 4. The molecule has 1 fully saturated rings. The summed E-state index contributed by atoms with van der Waals surface area (Å²) in [6.45, 7) is 0. The van der Waals surface area contributed by atoms with Gasteiger partial charge >= 0.3 is 5.97 Å². The van der Waals surface area contributed by atoms with Crippen LogP contribution in [-0.2, 0) is 10.1 Å². The number of esters is 1. The van der Waals surface area contributed by atoms with Crippen molar-refractivity contribution in [2.24, 2.45) is 0 Å². The van der Waals surface area contributed by atoms with Gasteiger partial charge in [0.25, 0.3) is 0 Å². The van der Waals surface area contributed by atoms with Crippen molar-refractivity contribution in [3.05, 3.63) is 59.2 Å². The first-order valence-electron chi connectivity index (χ1n) is 9.61. The summed E-state index contributed by atoms with van der Waals surface area (Å²) in [5, 5.41) is 2.05. The van der Waals surface area contributed by atoms with Crippen LogP contribution in [0.1, 0.15) is 59.5 Å². The van der Waals surface area contributed by atoms with Crippen LogP contribution in [0.4, 0.5) is 0 Å². The molecule has 0 atom stereocenters. The quantitative estimate of drug-likeness (QED) is 0.379. The standard InChI is InChI=1S/C23H24BrNO2/c1-27-23(26)16-11-12-19-20(13-16)25-22(18-10-6-5-9-17(18)14-24)21(19)15-7-3-2-4-8-15/h5-6,9-13,15,25H,2-4,7-8,14H2,1H3. The Bertz CT molecular complexity index is 970. The second-order valence-corrected chi connectivity index (χ2v) is 7.85. The summed E-state index contributed by atoms with van der Waals surface area (Å²) < 4.78 is 4.90. The number of hydrogen-bond acceptors (Lipinski definition) is 2. The largest absolute Gasteiger partial charge is 0.465 e. The molecule has 2 aromatic carbocycles. The Morgan fingerprint density at radius 3 is 2.67 bits per heavy atom. The monoisotopic (exact) mass is 425 g/mol. The van der Waals surface area contributed by atoms with Gasteiger partial charge in [-0.25, -0.2) is 4.79 Å². The molecule has 0 amide bonds. The van der Waals surface area contributed by atoms with E-state index in [1.165, 1.54) is 67.0 Å². The topological polar surface area (TPSA) is 42.1 Å². The first-order valence-corrected chi connectivity index (χ1v) is 10.7. The van der Waals surface area contributed by atoms with Gasteiger partial charge in [0.15, 0.2) is 0 Å². The minimum Gasteiger partial charge on any atom is -0.465 e. The van der Waals surface area contributed by atoms with E-state index in [4.69, 9.17) is 4.74 Å². The van der Waals surface area contributed by atoms with Crippen molar-refractivity contribution in [3.8, 4) is 11.3 Å². The molecule has 0 spiro atoms. The molecule has 0 bridgehead atoms. The molecule has 1 aromatic heterocycles. The lowest BCUT2D eigenvalue weighted by atomic mass is 9.81. The summed E-state index contributed by atoms with van der Waals surface area (Å²) in [5.74, 6) is 0.267. The van der Waals surface area contributed by atoms with Gasteiger partial charge in [0, 0.05) is 21.8 Å². The Morgan fingerprint density at radius 1 is 1.15 bits per heavy atom. The predicted octanol–water partition coefficient (Wildman–Crippen LogP) is 6.56. The molecular weight excluding hydrogens is 402 g/mol. The Hall–Kier alpha value is -2.07. The Balaban J connectivity index is 1.93. The zero-order valence-electron chi connectivity index (χ0n) is 15.6. The number of ether oxygens (including phenoxy) is 1. The number of nitrogens with one attached hydrogen (secondary N) is 1. The molecule has 0 saturated heterocycles. The Labute approximate surface area is 168 Å². The molecule has 3 aromatic rings. The van der Waals surface area contributed by atoms with Gasteiger partial charge in [0.2, 0.25) is 0 Å². The van der Waals surface area contributed by atoms with Crippen molar-refractivity contribution in [1.82, 2.24) is 4.98 Å². The molecule has 1 aliphatic rings. The van der Waals surface area contributed by atoms with E-state index >= 15 is 0 Å². The summed E-state index contributed by atoms with van der Waals surface area (Å²) in [4.78, 5) is 15.6. The minimum absolute atomic E-state index is 0.298. The highest BCUT2D eigenvalue weighted by molar-refractivity contribution is 9.08. The molecule has 1 heterocycles. The number of aromatic nitrogens is 1. The first kappa shape index (κ1) is 18.3. The lowest BCUT2D eigenvalue weighted by Gasteiger charge is -2.23. The summed E-state index contributed by atoms with van der Waals surface area (Å²) in [6.07, 6.45) is 6.37. The van der Waals surface area contributed by atoms with Crippen molar-refractivity contribution >= 4 is 32.8 Å². The molecule has 0 radical (unpaired) electrons.